The van der Waals surface area contributed by atoms with Crippen molar-refractivity contribution in [2.75, 3.05) is 7.05 Å². The summed E-state index contributed by atoms with van der Waals surface area (Å²) >= 11 is 0. The van der Waals surface area contributed by atoms with Gasteiger partial charge in [-0.05, 0) is 26.3 Å². The molecule has 0 aliphatic carbocycles. The molecule has 5 nitrogen and oxygen atoms in total. The maximum absolute atomic E-state index is 12.5. The maximum Gasteiger partial charge on any atom is 0.274 e. The summed E-state index contributed by atoms with van der Waals surface area (Å²) in [6.07, 6.45) is 1.52. The Bertz CT molecular complexity index is 588. The van der Waals surface area contributed by atoms with Gasteiger partial charge in [0.25, 0.3) is 5.91 Å². The zero-order valence-electron chi connectivity index (χ0n) is 12.4. The number of benzene rings is 1. The quantitative estimate of drug-likeness (QED) is 0.859. The molecular weight excluding hydrogens is 252 g/mol. The standard InChI is InChI=1S/C15H20N4O/c1-5-19-14(10-16-17-19)15(20)18(4)12(3)13-8-6-11(2)7-9-13/h6-10,12H,5H2,1-4H3. The van der Waals surface area contributed by atoms with Crippen LogP contribution < -0.4 is 0 Å². The van der Waals surface area contributed by atoms with Gasteiger partial charge in [-0.15, -0.1) is 5.10 Å². The Labute approximate surface area is 119 Å². The third kappa shape index (κ3) is 2.71. The number of hydrogen-bond acceptors (Lipinski definition) is 3. The molecule has 0 spiro atoms. The number of carbonyl (C=O) groups excluding carboxylic acids is 1. The highest BCUT2D eigenvalue weighted by Gasteiger charge is 2.22. The van der Waals surface area contributed by atoms with Gasteiger partial charge in [0.05, 0.1) is 12.2 Å². The van der Waals surface area contributed by atoms with Gasteiger partial charge in [0, 0.05) is 13.6 Å². The number of rotatable bonds is 4. The number of carbonyl (C=O) groups is 1. The second kappa shape index (κ2) is 5.86. The third-order valence-corrected chi connectivity index (χ3v) is 3.60. The van der Waals surface area contributed by atoms with Crippen LogP contribution >= 0.6 is 0 Å². The van der Waals surface area contributed by atoms with Crippen molar-refractivity contribution in [3.63, 3.8) is 0 Å². The molecule has 2 aromatic rings. The van der Waals surface area contributed by atoms with Gasteiger partial charge >= 0.3 is 0 Å². The minimum absolute atomic E-state index is 0.00306. The number of amides is 1. The smallest absolute Gasteiger partial charge is 0.274 e. The van der Waals surface area contributed by atoms with Crippen molar-refractivity contribution in [3.8, 4) is 0 Å². The summed E-state index contributed by atoms with van der Waals surface area (Å²) in [6, 6.07) is 8.23. The molecule has 0 fully saturated rings. The SMILES string of the molecule is CCn1nncc1C(=O)N(C)C(C)c1ccc(C)cc1. The summed E-state index contributed by atoms with van der Waals surface area (Å²) in [5.41, 5.74) is 2.85. The van der Waals surface area contributed by atoms with Crippen LogP contribution in [-0.4, -0.2) is 32.8 Å². The van der Waals surface area contributed by atoms with Crippen LogP contribution in [0.3, 0.4) is 0 Å². The molecule has 0 bridgehead atoms. The summed E-state index contributed by atoms with van der Waals surface area (Å²) in [5, 5.41) is 7.71. The fraction of sp³-hybridized carbons (Fsp3) is 0.400. The zero-order valence-corrected chi connectivity index (χ0v) is 12.4. The van der Waals surface area contributed by atoms with E-state index in [9.17, 15) is 4.79 Å². The molecule has 0 saturated heterocycles. The van der Waals surface area contributed by atoms with Gasteiger partial charge in [0.15, 0.2) is 0 Å². The first-order valence-corrected chi connectivity index (χ1v) is 6.76. The zero-order chi connectivity index (χ0) is 14.7. The van der Waals surface area contributed by atoms with Crippen molar-refractivity contribution >= 4 is 5.91 Å². The van der Waals surface area contributed by atoms with Crippen molar-refractivity contribution in [2.24, 2.45) is 0 Å². The number of aryl methyl sites for hydroxylation is 2. The molecule has 0 saturated carbocycles. The first-order chi connectivity index (χ1) is 9.54. The van der Waals surface area contributed by atoms with E-state index in [1.807, 2.05) is 13.8 Å². The van der Waals surface area contributed by atoms with E-state index < -0.39 is 0 Å². The van der Waals surface area contributed by atoms with E-state index in [0.717, 1.165) is 5.56 Å². The number of aromatic nitrogens is 3. The molecule has 1 amide bonds. The summed E-state index contributed by atoms with van der Waals surface area (Å²) < 4.78 is 1.61. The molecule has 20 heavy (non-hydrogen) atoms. The normalized spacial score (nSPS) is 12.2. The minimum Gasteiger partial charge on any atom is -0.334 e. The summed E-state index contributed by atoms with van der Waals surface area (Å²) in [6.45, 7) is 6.64. The van der Waals surface area contributed by atoms with Crippen LogP contribution in [0.25, 0.3) is 0 Å². The van der Waals surface area contributed by atoms with Crippen LogP contribution in [0.1, 0.15) is 41.5 Å². The van der Waals surface area contributed by atoms with Gasteiger partial charge in [-0.2, -0.15) is 0 Å². The molecule has 1 aromatic carbocycles. The van der Waals surface area contributed by atoms with Crippen LogP contribution in [0.2, 0.25) is 0 Å². The van der Waals surface area contributed by atoms with Gasteiger partial charge in [0.2, 0.25) is 0 Å². The summed E-state index contributed by atoms with van der Waals surface area (Å²) in [4.78, 5) is 14.2. The fourth-order valence-corrected chi connectivity index (χ4v) is 2.08. The summed E-state index contributed by atoms with van der Waals surface area (Å²) in [7, 11) is 1.81. The Morgan fingerprint density at radius 2 is 2.00 bits per heavy atom. The lowest BCUT2D eigenvalue weighted by Gasteiger charge is -2.25. The molecule has 5 heteroatoms. The highest BCUT2D eigenvalue weighted by molar-refractivity contribution is 5.92. The predicted molar refractivity (Wildman–Crippen MR) is 77.4 cm³/mol. The predicted octanol–water partition coefficient (Wildman–Crippen LogP) is 2.44. The van der Waals surface area contributed by atoms with Crippen molar-refractivity contribution in [3.05, 3.63) is 47.3 Å². The van der Waals surface area contributed by atoms with Crippen LogP contribution in [0.4, 0.5) is 0 Å². The topological polar surface area (TPSA) is 51.0 Å². The van der Waals surface area contributed by atoms with Gasteiger partial charge in [-0.25, -0.2) is 4.68 Å². The molecule has 1 heterocycles. The highest BCUT2D eigenvalue weighted by atomic mass is 16.2. The monoisotopic (exact) mass is 272 g/mol. The van der Waals surface area contributed by atoms with Crippen LogP contribution in [0, 0.1) is 6.92 Å². The largest absolute Gasteiger partial charge is 0.334 e. The molecule has 0 aliphatic heterocycles. The first-order valence-electron chi connectivity index (χ1n) is 6.76. The molecule has 0 aliphatic rings. The van der Waals surface area contributed by atoms with Crippen molar-refractivity contribution in [2.45, 2.75) is 33.4 Å². The maximum atomic E-state index is 12.5. The van der Waals surface area contributed by atoms with E-state index in [2.05, 4.69) is 41.5 Å². The number of hydrogen-bond donors (Lipinski definition) is 0. The molecule has 106 valence electrons. The molecule has 0 N–H and O–H groups in total. The van der Waals surface area contributed by atoms with E-state index in [1.54, 1.807) is 16.6 Å². The van der Waals surface area contributed by atoms with E-state index >= 15 is 0 Å². The van der Waals surface area contributed by atoms with E-state index in [4.69, 9.17) is 0 Å². The first kappa shape index (κ1) is 14.2. The number of nitrogens with zero attached hydrogens (tertiary/aromatic N) is 4. The Balaban J connectivity index is 2.20. The molecule has 1 unspecified atom stereocenters. The molecular formula is C15H20N4O. The summed E-state index contributed by atoms with van der Waals surface area (Å²) in [5.74, 6) is -0.0649. The second-order valence-electron chi connectivity index (χ2n) is 4.94. The van der Waals surface area contributed by atoms with Crippen molar-refractivity contribution < 1.29 is 4.79 Å². The van der Waals surface area contributed by atoms with Gasteiger partial charge < -0.3 is 4.90 Å². The average Bonchev–Trinajstić information content (AvgIpc) is 2.94. The van der Waals surface area contributed by atoms with Crippen LogP contribution in [0.15, 0.2) is 30.5 Å². The molecule has 1 aromatic heterocycles. The Kier molecular flexibility index (Phi) is 4.17. The molecule has 0 radical (unpaired) electrons. The van der Waals surface area contributed by atoms with Crippen molar-refractivity contribution in [1.82, 2.24) is 19.9 Å². The Morgan fingerprint density at radius 3 is 2.60 bits per heavy atom. The van der Waals surface area contributed by atoms with Crippen LogP contribution in [0.5, 0.6) is 0 Å². The molecule has 2 rings (SSSR count). The lowest BCUT2D eigenvalue weighted by atomic mass is 10.1. The van der Waals surface area contributed by atoms with E-state index in [1.165, 1.54) is 11.8 Å². The lowest BCUT2D eigenvalue weighted by molar-refractivity contribution is 0.0730. The van der Waals surface area contributed by atoms with E-state index in [-0.39, 0.29) is 11.9 Å². The van der Waals surface area contributed by atoms with E-state index in [0.29, 0.717) is 12.2 Å². The Morgan fingerprint density at radius 1 is 1.35 bits per heavy atom. The third-order valence-electron chi connectivity index (χ3n) is 3.60. The van der Waals surface area contributed by atoms with Gasteiger partial charge in [-0.3, -0.25) is 4.79 Å². The lowest BCUT2D eigenvalue weighted by Crippen LogP contribution is -2.31. The molecule has 1 atom stereocenters. The fourth-order valence-electron chi connectivity index (χ4n) is 2.08. The van der Waals surface area contributed by atoms with Crippen LogP contribution in [-0.2, 0) is 6.54 Å². The van der Waals surface area contributed by atoms with Gasteiger partial charge in [0.1, 0.15) is 5.69 Å². The Hall–Kier alpha value is -2.17. The van der Waals surface area contributed by atoms with Crippen molar-refractivity contribution in [1.29, 1.82) is 0 Å². The highest BCUT2D eigenvalue weighted by Crippen LogP contribution is 2.20. The second-order valence-corrected chi connectivity index (χ2v) is 4.94. The minimum atomic E-state index is -0.0649. The average molecular weight is 272 g/mol. The van der Waals surface area contributed by atoms with Gasteiger partial charge in [-0.1, -0.05) is 35.0 Å².